The highest BCUT2D eigenvalue weighted by atomic mass is 127. The second-order valence-electron chi connectivity index (χ2n) is 3.32. The van der Waals surface area contributed by atoms with Crippen LogP contribution < -0.4 is 5.73 Å². The Kier molecular flexibility index (Phi) is 4.05. The Balaban J connectivity index is 2.65. The molecule has 1 aromatic heterocycles. The highest BCUT2D eigenvalue weighted by molar-refractivity contribution is 14.1. The molecule has 0 bridgehead atoms. The van der Waals surface area contributed by atoms with Crippen LogP contribution >= 0.6 is 46.6 Å². The van der Waals surface area contributed by atoms with Gasteiger partial charge in [-0.15, -0.1) is 11.8 Å². The number of aromatic nitrogens is 2. The first-order chi connectivity index (χ1) is 8.13. The lowest BCUT2D eigenvalue weighted by Gasteiger charge is -2.11. The first kappa shape index (κ1) is 12.8. The van der Waals surface area contributed by atoms with Crippen LogP contribution in [0.2, 0.25) is 0 Å². The summed E-state index contributed by atoms with van der Waals surface area (Å²) >= 11 is 8.98. The standard InChI is InChI=1S/C11H10IN3S2/c1-17-9-4-2-3-8(10(9)11(13)16)15-6-7(12)5-14-15/h2-6H,1H3,(H2,13,16). The van der Waals surface area contributed by atoms with Crippen molar-refractivity contribution in [1.82, 2.24) is 9.78 Å². The fraction of sp³-hybridized carbons (Fsp3) is 0.0909. The van der Waals surface area contributed by atoms with E-state index in [-0.39, 0.29) is 0 Å². The Morgan fingerprint density at radius 2 is 2.29 bits per heavy atom. The molecule has 0 unspecified atom stereocenters. The van der Waals surface area contributed by atoms with Crippen molar-refractivity contribution in [2.45, 2.75) is 4.90 Å². The van der Waals surface area contributed by atoms with E-state index in [0.29, 0.717) is 4.99 Å². The van der Waals surface area contributed by atoms with Crippen LogP contribution in [0.3, 0.4) is 0 Å². The summed E-state index contributed by atoms with van der Waals surface area (Å²) in [6.45, 7) is 0. The summed E-state index contributed by atoms with van der Waals surface area (Å²) in [6, 6.07) is 5.96. The Morgan fingerprint density at radius 1 is 1.53 bits per heavy atom. The van der Waals surface area contributed by atoms with Gasteiger partial charge in [0.15, 0.2) is 0 Å². The number of thioether (sulfide) groups is 1. The van der Waals surface area contributed by atoms with Gasteiger partial charge in [-0.25, -0.2) is 4.68 Å². The van der Waals surface area contributed by atoms with Gasteiger partial charge in [0.2, 0.25) is 0 Å². The molecular formula is C11H10IN3S2. The smallest absolute Gasteiger partial charge is 0.107 e. The molecule has 0 spiro atoms. The molecule has 1 aromatic carbocycles. The predicted molar refractivity (Wildman–Crippen MR) is 83.9 cm³/mol. The number of nitrogens with zero attached hydrogens (tertiary/aromatic N) is 2. The third-order valence-electron chi connectivity index (χ3n) is 2.27. The summed E-state index contributed by atoms with van der Waals surface area (Å²) in [5.41, 5.74) is 7.62. The second kappa shape index (κ2) is 5.36. The van der Waals surface area contributed by atoms with Gasteiger partial charge >= 0.3 is 0 Å². The van der Waals surface area contributed by atoms with E-state index < -0.39 is 0 Å². The maximum atomic E-state index is 5.81. The zero-order chi connectivity index (χ0) is 12.4. The van der Waals surface area contributed by atoms with E-state index in [1.165, 1.54) is 0 Å². The van der Waals surface area contributed by atoms with E-state index in [9.17, 15) is 0 Å². The molecule has 2 aromatic rings. The summed E-state index contributed by atoms with van der Waals surface area (Å²) in [5.74, 6) is 0. The van der Waals surface area contributed by atoms with Crippen molar-refractivity contribution in [1.29, 1.82) is 0 Å². The normalized spacial score (nSPS) is 10.5. The Bertz CT molecular complexity index is 566. The minimum absolute atomic E-state index is 0.399. The minimum atomic E-state index is 0.399. The first-order valence-electron chi connectivity index (χ1n) is 4.81. The van der Waals surface area contributed by atoms with Crippen LogP contribution in [0.4, 0.5) is 0 Å². The molecule has 0 amide bonds. The average molecular weight is 375 g/mol. The Morgan fingerprint density at radius 3 is 2.82 bits per heavy atom. The zero-order valence-corrected chi connectivity index (χ0v) is 12.8. The first-order valence-corrected chi connectivity index (χ1v) is 7.52. The predicted octanol–water partition coefficient (Wildman–Crippen LogP) is 2.83. The van der Waals surface area contributed by atoms with Gasteiger partial charge in [0.25, 0.3) is 0 Å². The number of rotatable bonds is 3. The van der Waals surface area contributed by atoms with Crippen molar-refractivity contribution in [3.05, 3.63) is 39.7 Å². The van der Waals surface area contributed by atoms with Gasteiger partial charge in [-0.3, -0.25) is 0 Å². The molecular weight excluding hydrogens is 365 g/mol. The van der Waals surface area contributed by atoms with E-state index in [0.717, 1.165) is 19.7 Å². The largest absolute Gasteiger partial charge is 0.389 e. The molecule has 0 radical (unpaired) electrons. The number of benzene rings is 1. The second-order valence-corrected chi connectivity index (χ2v) is 5.86. The molecule has 0 aliphatic carbocycles. The van der Waals surface area contributed by atoms with Crippen molar-refractivity contribution < 1.29 is 0 Å². The maximum Gasteiger partial charge on any atom is 0.107 e. The lowest BCUT2D eigenvalue weighted by molar-refractivity contribution is 0.874. The topological polar surface area (TPSA) is 43.8 Å². The average Bonchev–Trinajstić information content (AvgIpc) is 2.74. The molecule has 0 saturated carbocycles. The van der Waals surface area contributed by atoms with E-state index >= 15 is 0 Å². The van der Waals surface area contributed by atoms with Crippen LogP contribution in [0, 0.1) is 3.57 Å². The molecule has 6 heteroatoms. The van der Waals surface area contributed by atoms with Crippen LogP contribution in [0.15, 0.2) is 35.5 Å². The van der Waals surface area contributed by atoms with Crippen LogP contribution in [-0.4, -0.2) is 21.0 Å². The molecule has 0 fully saturated rings. The van der Waals surface area contributed by atoms with Crippen molar-refractivity contribution in [2.75, 3.05) is 6.26 Å². The maximum absolute atomic E-state index is 5.81. The molecule has 2 N–H and O–H groups in total. The zero-order valence-electron chi connectivity index (χ0n) is 9.05. The molecule has 0 atom stereocenters. The molecule has 3 nitrogen and oxygen atoms in total. The van der Waals surface area contributed by atoms with Crippen LogP contribution in [0.1, 0.15) is 5.56 Å². The lowest BCUT2D eigenvalue weighted by Crippen LogP contribution is -2.15. The molecule has 0 aliphatic rings. The van der Waals surface area contributed by atoms with Crippen LogP contribution in [-0.2, 0) is 0 Å². The van der Waals surface area contributed by atoms with Crippen molar-refractivity contribution in [3.63, 3.8) is 0 Å². The summed E-state index contributed by atoms with van der Waals surface area (Å²) in [7, 11) is 0. The minimum Gasteiger partial charge on any atom is -0.389 e. The van der Waals surface area contributed by atoms with Gasteiger partial charge in [0.05, 0.1) is 15.5 Å². The fourth-order valence-corrected chi connectivity index (χ4v) is 2.86. The number of thiocarbonyl (C=S) groups is 1. The van der Waals surface area contributed by atoms with Gasteiger partial charge in [0.1, 0.15) is 4.99 Å². The third kappa shape index (κ3) is 2.63. The Hall–Kier alpha value is -0.600. The highest BCUT2D eigenvalue weighted by Gasteiger charge is 2.12. The number of halogens is 1. The van der Waals surface area contributed by atoms with Gasteiger partial charge in [-0.1, -0.05) is 18.3 Å². The lowest BCUT2D eigenvalue weighted by atomic mass is 10.2. The summed E-state index contributed by atoms with van der Waals surface area (Å²) in [4.78, 5) is 1.47. The van der Waals surface area contributed by atoms with Gasteiger partial charge < -0.3 is 5.73 Å². The Labute approximate surface area is 123 Å². The van der Waals surface area contributed by atoms with Gasteiger partial charge in [-0.2, -0.15) is 5.10 Å². The molecule has 1 heterocycles. The fourth-order valence-electron chi connectivity index (χ4n) is 1.56. The van der Waals surface area contributed by atoms with E-state index in [2.05, 4.69) is 27.7 Å². The number of hydrogen-bond donors (Lipinski definition) is 1. The molecule has 0 aliphatic heterocycles. The summed E-state index contributed by atoms with van der Waals surface area (Å²) < 4.78 is 2.88. The van der Waals surface area contributed by atoms with E-state index in [1.807, 2.05) is 30.7 Å². The number of nitrogens with two attached hydrogens (primary N) is 1. The van der Waals surface area contributed by atoms with Gasteiger partial charge in [0, 0.05) is 16.7 Å². The highest BCUT2D eigenvalue weighted by Crippen LogP contribution is 2.26. The third-order valence-corrected chi connectivity index (χ3v) is 3.81. The summed E-state index contributed by atoms with van der Waals surface area (Å²) in [5, 5.41) is 4.29. The molecule has 2 rings (SSSR count). The van der Waals surface area contributed by atoms with Gasteiger partial charge in [-0.05, 0) is 41.0 Å². The molecule has 0 saturated heterocycles. The molecule has 88 valence electrons. The van der Waals surface area contributed by atoms with Crippen LogP contribution in [0.5, 0.6) is 0 Å². The van der Waals surface area contributed by atoms with Crippen molar-refractivity contribution in [2.24, 2.45) is 5.73 Å². The van der Waals surface area contributed by atoms with E-state index in [1.54, 1.807) is 22.6 Å². The molecule has 17 heavy (non-hydrogen) atoms. The quantitative estimate of drug-likeness (QED) is 0.509. The van der Waals surface area contributed by atoms with Crippen molar-refractivity contribution in [3.8, 4) is 5.69 Å². The number of hydrogen-bond acceptors (Lipinski definition) is 3. The van der Waals surface area contributed by atoms with E-state index in [4.69, 9.17) is 18.0 Å². The van der Waals surface area contributed by atoms with Crippen LogP contribution in [0.25, 0.3) is 5.69 Å². The monoisotopic (exact) mass is 375 g/mol. The summed E-state index contributed by atoms with van der Waals surface area (Å²) in [6.07, 6.45) is 5.76. The SMILES string of the molecule is CSc1cccc(-n2cc(I)cn2)c1C(N)=S. The van der Waals surface area contributed by atoms with Crippen molar-refractivity contribution >= 4 is 51.6 Å².